The molecule has 1 aromatic carbocycles. The van der Waals surface area contributed by atoms with Crippen LogP contribution in [0, 0.1) is 0 Å². The zero-order chi connectivity index (χ0) is 16.7. The van der Waals surface area contributed by atoms with E-state index in [0.29, 0.717) is 19.5 Å². The molecule has 2 rings (SSSR count). The molecule has 6 heteroatoms. The topological polar surface area (TPSA) is 60.4 Å². The second kappa shape index (κ2) is 8.33. The molecule has 1 aromatic rings. The normalized spacial score (nSPS) is 16.4. The van der Waals surface area contributed by atoms with Gasteiger partial charge in [-0.1, -0.05) is 11.2 Å². The van der Waals surface area contributed by atoms with Crippen molar-refractivity contribution in [2.45, 2.75) is 12.5 Å². The van der Waals surface area contributed by atoms with E-state index in [1.165, 1.54) is 7.11 Å². The molecule has 0 bridgehead atoms. The Morgan fingerprint density at radius 1 is 1.43 bits per heavy atom. The van der Waals surface area contributed by atoms with Crippen molar-refractivity contribution in [1.29, 1.82) is 0 Å². The van der Waals surface area contributed by atoms with Crippen molar-refractivity contribution in [2.24, 2.45) is 5.16 Å². The van der Waals surface area contributed by atoms with E-state index >= 15 is 0 Å². The van der Waals surface area contributed by atoms with Crippen LogP contribution in [-0.2, 0) is 14.4 Å². The number of hydrogen-bond acceptors (Lipinski definition) is 5. The molecular weight excluding hydrogens is 296 g/mol. The minimum Gasteiger partial charge on any atom is -0.497 e. The summed E-state index contributed by atoms with van der Waals surface area (Å²) >= 11 is 0. The lowest BCUT2D eigenvalue weighted by Crippen LogP contribution is -2.39. The molecule has 0 saturated carbocycles. The number of oxime groups is 1. The van der Waals surface area contributed by atoms with Crippen molar-refractivity contribution in [3.63, 3.8) is 0 Å². The van der Waals surface area contributed by atoms with Crippen LogP contribution in [0.2, 0.25) is 0 Å². The quantitative estimate of drug-likeness (QED) is 0.686. The summed E-state index contributed by atoms with van der Waals surface area (Å²) in [4.78, 5) is 19.1. The third kappa shape index (κ3) is 4.56. The Balaban J connectivity index is 1.94. The summed E-state index contributed by atoms with van der Waals surface area (Å²) in [7, 11) is 3.13. The second-order valence-corrected chi connectivity index (χ2v) is 5.22. The Hall–Kier alpha value is -2.34. The number of ether oxygens (including phenoxy) is 2. The summed E-state index contributed by atoms with van der Waals surface area (Å²) in [5, 5.41) is 4.14. The number of carbonyl (C=O) groups excluding carboxylic acids is 1. The fourth-order valence-electron chi connectivity index (χ4n) is 2.37. The van der Waals surface area contributed by atoms with Crippen LogP contribution in [0.25, 0.3) is 0 Å². The maximum Gasteiger partial charge on any atom is 0.248 e. The highest BCUT2D eigenvalue weighted by Crippen LogP contribution is 2.20. The minimum atomic E-state index is -0.159. The monoisotopic (exact) mass is 318 g/mol. The molecular formula is C17H22N2O4. The maximum atomic E-state index is 12.0. The average Bonchev–Trinajstić information content (AvgIpc) is 3.03. The molecule has 0 saturated heterocycles. The first-order valence-corrected chi connectivity index (χ1v) is 7.42. The summed E-state index contributed by atoms with van der Waals surface area (Å²) in [6, 6.07) is 7.66. The minimum absolute atomic E-state index is 0.0484. The molecule has 124 valence electrons. The van der Waals surface area contributed by atoms with Crippen molar-refractivity contribution >= 4 is 11.6 Å². The van der Waals surface area contributed by atoms with Crippen LogP contribution in [0.1, 0.15) is 12.0 Å². The van der Waals surface area contributed by atoms with Crippen LogP contribution in [0.4, 0.5) is 0 Å². The summed E-state index contributed by atoms with van der Waals surface area (Å²) in [5.74, 6) is 0.709. The summed E-state index contributed by atoms with van der Waals surface area (Å²) in [6.07, 6.45) is 2.18. The van der Waals surface area contributed by atoms with Crippen molar-refractivity contribution in [1.82, 2.24) is 4.90 Å². The zero-order valence-corrected chi connectivity index (χ0v) is 13.5. The van der Waals surface area contributed by atoms with Crippen molar-refractivity contribution < 1.29 is 19.1 Å². The first kappa shape index (κ1) is 17.0. The van der Waals surface area contributed by atoms with E-state index in [9.17, 15) is 4.79 Å². The van der Waals surface area contributed by atoms with Gasteiger partial charge in [-0.2, -0.15) is 0 Å². The molecule has 0 aliphatic carbocycles. The van der Waals surface area contributed by atoms with E-state index in [1.54, 1.807) is 18.1 Å². The first-order chi connectivity index (χ1) is 11.2. The van der Waals surface area contributed by atoms with Gasteiger partial charge in [-0.15, -0.1) is 6.58 Å². The Morgan fingerprint density at radius 3 is 2.78 bits per heavy atom. The largest absolute Gasteiger partial charge is 0.497 e. The Labute approximate surface area is 136 Å². The van der Waals surface area contributed by atoms with Crippen LogP contribution in [-0.4, -0.2) is 56.5 Å². The number of hydrogen-bond donors (Lipinski definition) is 0. The molecule has 0 aromatic heterocycles. The van der Waals surface area contributed by atoms with Crippen LogP contribution < -0.4 is 4.74 Å². The molecule has 1 aliphatic heterocycles. The van der Waals surface area contributed by atoms with E-state index in [1.807, 2.05) is 24.3 Å². The van der Waals surface area contributed by atoms with Gasteiger partial charge < -0.3 is 19.2 Å². The van der Waals surface area contributed by atoms with Crippen molar-refractivity contribution in [3.8, 4) is 5.75 Å². The van der Waals surface area contributed by atoms with Gasteiger partial charge in [0.05, 0.1) is 19.4 Å². The van der Waals surface area contributed by atoms with Gasteiger partial charge in [0.15, 0.2) is 6.10 Å². The lowest BCUT2D eigenvalue weighted by molar-refractivity contribution is -0.136. The molecule has 6 nitrogen and oxygen atoms in total. The number of nitrogens with zero attached hydrogens (tertiary/aromatic N) is 2. The van der Waals surface area contributed by atoms with Crippen LogP contribution in [0.15, 0.2) is 42.1 Å². The van der Waals surface area contributed by atoms with E-state index in [4.69, 9.17) is 14.3 Å². The summed E-state index contributed by atoms with van der Waals surface area (Å²) in [6.45, 7) is 4.64. The summed E-state index contributed by atoms with van der Waals surface area (Å²) < 4.78 is 10.0. The van der Waals surface area contributed by atoms with Gasteiger partial charge in [-0.05, 0) is 29.8 Å². The maximum absolute atomic E-state index is 12.0. The van der Waals surface area contributed by atoms with Crippen molar-refractivity contribution in [2.75, 3.05) is 33.9 Å². The smallest absolute Gasteiger partial charge is 0.248 e. The fraction of sp³-hybridized carbons (Fsp3) is 0.412. The molecule has 0 spiro atoms. The molecule has 0 N–H and O–H groups in total. The molecule has 0 fully saturated rings. The molecule has 1 heterocycles. The third-order valence-electron chi connectivity index (χ3n) is 3.55. The van der Waals surface area contributed by atoms with Crippen LogP contribution >= 0.6 is 0 Å². The molecule has 1 aliphatic rings. The predicted octanol–water partition coefficient (Wildman–Crippen LogP) is 1.85. The third-order valence-corrected chi connectivity index (χ3v) is 3.55. The zero-order valence-electron chi connectivity index (χ0n) is 13.5. The van der Waals surface area contributed by atoms with E-state index in [0.717, 1.165) is 17.0 Å². The number of methoxy groups -OCH3 is 2. The molecule has 23 heavy (non-hydrogen) atoms. The Bertz CT molecular complexity index is 568. The Kier molecular flexibility index (Phi) is 6.17. The molecule has 1 amide bonds. The highest BCUT2D eigenvalue weighted by atomic mass is 16.6. The SMILES string of the molecule is C=CCN(CC1CC(c2ccc(OC)cc2)=NO1)C(=O)COC. The van der Waals surface area contributed by atoms with E-state index in [2.05, 4.69) is 11.7 Å². The second-order valence-electron chi connectivity index (χ2n) is 5.22. The number of amides is 1. The number of carbonyl (C=O) groups is 1. The predicted molar refractivity (Wildman–Crippen MR) is 87.7 cm³/mol. The van der Waals surface area contributed by atoms with Crippen molar-refractivity contribution in [3.05, 3.63) is 42.5 Å². The van der Waals surface area contributed by atoms with Gasteiger partial charge in [-0.3, -0.25) is 4.79 Å². The van der Waals surface area contributed by atoms with Crippen LogP contribution in [0.5, 0.6) is 5.75 Å². The van der Waals surface area contributed by atoms with Crippen LogP contribution in [0.3, 0.4) is 0 Å². The molecule has 0 radical (unpaired) electrons. The fourth-order valence-corrected chi connectivity index (χ4v) is 2.37. The van der Waals surface area contributed by atoms with E-state index in [-0.39, 0.29) is 18.6 Å². The summed E-state index contributed by atoms with van der Waals surface area (Å²) in [5.41, 5.74) is 1.86. The number of rotatable bonds is 8. The average molecular weight is 318 g/mol. The highest BCUT2D eigenvalue weighted by molar-refractivity contribution is 6.01. The van der Waals surface area contributed by atoms with Gasteiger partial charge in [-0.25, -0.2) is 0 Å². The van der Waals surface area contributed by atoms with Gasteiger partial charge in [0.25, 0.3) is 0 Å². The van der Waals surface area contributed by atoms with Gasteiger partial charge >= 0.3 is 0 Å². The van der Waals surface area contributed by atoms with E-state index < -0.39 is 0 Å². The molecule has 1 unspecified atom stereocenters. The molecule has 1 atom stereocenters. The first-order valence-electron chi connectivity index (χ1n) is 7.42. The van der Waals surface area contributed by atoms with Gasteiger partial charge in [0, 0.05) is 20.1 Å². The number of benzene rings is 1. The highest BCUT2D eigenvalue weighted by Gasteiger charge is 2.26. The standard InChI is InChI=1S/C17H22N2O4/c1-4-9-19(17(20)12-21-2)11-15-10-16(18-23-15)13-5-7-14(22-3)8-6-13/h4-8,15H,1,9-12H2,2-3H3. The Morgan fingerprint density at radius 2 is 2.17 bits per heavy atom. The van der Waals surface area contributed by atoms with Gasteiger partial charge in [0.2, 0.25) is 5.91 Å². The lowest BCUT2D eigenvalue weighted by Gasteiger charge is -2.23. The van der Waals surface area contributed by atoms with Gasteiger partial charge in [0.1, 0.15) is 12.4 Å². The lowest BCUT2D eigenvalue weighted by atomic mass is 10.0.